The molecule has 0 bridgehead atoms. The van der Waals surface area contributed by atoms with Gasteiger partial charge in [-0.3, -0.25) is 9.78 Å². The van der Waals surface area contributed by atoms with Crippen LogP contribution < -0.4 is 4.72 Å². The molecule has 0 aliphatic rings. The van der Waals surface area contributed by atoms with Crippen molar-refractivity contribution in [1.29, 1.82) is 0 Å². The number of aromatic amines is 1. The lowest BCUT2D eigenvalue weighted by Gasteiger charge is -2.14. The molecule has 0 aromatic carbocycles. The third-order valence-electron chi connectivity index (χ3n) is 3.65. The number of nitrogens with one attached hydrogen (secondary N) is 2. The van der Waals surface area contributed by atoms with E-state index in [9.17, 15) is 13.2 Å². The van der Waals surface area contributed by atoms with Crippen LogP contribution in [0.2, 0.25) is 0 Å². The largest absolute Gasteiger partial charge is 0.480 e. The summed E-state index contributed by atoms with van der Waals surface area (Å²) in [5, 5.41) is 9.13. The summed E-state index contributed by atoms with van der Waals surface area (Å²) < 4.78 is 26.6. The number of carbonyl (C=O) groups is 1. The number of carboxylic acids is 1. The van der Waals surface area contributed by atoms with Crippen LogP contribution in [0.15, 0.2) is 12.3 Å². The summed E-state index contributed by atoms with van der Waals surface area (Å²) in [6.45, 7) is 1.85. The van der Waals surface area contributed by atoms with Gasteiger partial charge in [0.1, 0.15) is 17.4 Å². The quantitative estimate of drug-likeness (QED) is 0.562. The van der Waals surface area contributed by atoms with Gasteiger partial charge in [0.2, 0.25) is 10.0 Å². The van der Waals surface area contributed by atoms with E-state index >= 15 is 0 Å². The van der Waals surface area contributed by atoms with Gasteiger partial charge in [-0.25, -0.2) is 18.1 Å². The molecule has 0 aliphatic carbocycles. The van der Waals surface area contributed by atoms with Crippen LogP contribution >= 0.6 is 11.8 Å². The second-order valence-corrected chi connectivity index (χ2v) is 8.55. The number of H-pyrrole nitrogens is 1. The number of hydrogen-bond donors (Lipinski definition) is 3. The van der Waals surface area contributed by atoms with Crippen LogP contribution in [0.4, 0.5) is 0 Å². The van der Waals surface area contributed by atoms with Gasteiger partial charge in [0, 0.05) is 6.20 Å². The lowest BCUT2D eigenvalue weighted by molar-refractivity contribution is -0.139. The van der Waals surface area contributed by atoms with Gasteiger partial charge in [-0.2, -0.15) is 11.8 Å². The minimum atomic E-state index is -3.67. The van der Waals surface area contributed by atoms with Gasteiger partial charge in [-0.15, -0.1) is 0 Å². The van der Waals surface area contributed by atoms with Crippen LogP contribution in [0.3, 0.4) is 0 Å². The number of sulfonamides is 1. The minimum Gasteiger partial charge on any atom is -0.480 e. The highest BCUT2D eigenvalue weighted by Gasteiger charge is 2.23. The molecule has 2 aromatic heterocycles. The summed E-state index contributed by atoms with van der Waals surface area (Å²) in [6.07, 6.45) is 4.54. The van der Waals surface area contributed by atoms with Gasteiger partial charge in [0.05, 0.1) is 17.0 Å². The first-order valence-electron chi connectivity index (χ1n) is 7.84. The highest BCUT2D eigenvalue weighted by atomic mass is 32.2. The molecule has 0 radical (unpaired) electrons. The zero-order valence-corrected chi connectivity index (χ0v) is 15.8. The van der Waals surface area contributed by atoms with Gasteiger partial charge in [-0.1, -0.05) is 0 Å². The Balaban J connectivity index is 1.96. The SMILES string of the molecule is CSCC[C@H](NS(=O)(=O)CCCc1nccc2[nH]c(C)nc12)C(=O)O. The number of fused-ring (bicyclic) bond motifs is 1. The number of nitrogens with zero attached hydrogens (tertiary/aromatic N) is 2. The van der Waals surface area contributed by atoms with Gasteiger partial charge in [-0.05, 0) is 44.3 Å². The maximum atomic E-state index is 12.1. The van der Waals surface area contributed by atoms with E-state index in [0.29, 0.717) is 18.6 Å². The number of thioether (sulfide) groups is 1. The topological polar surface area (TPSA) is 125 Å². The van der Waals surface area contributed by atoms with Gasteiger partial charge in [0.15, 0.2) is 0 Å². The van der Waals surface area contributed by atoms with E-state index in [1.54, 1.807) is 6.20 Å². The molecule has 0 unspecified atom stereocenters. The number of aryl methyl sites for hydroxylation is 2. The standard InChI is InChI=1S/C15H22N4O4S2/c1-10-17-12-5-7-16-11(14(12)18-10)4-3-9-25(22,23)19-13(15(20)21)6-8-24-2/h5,7,13,19H,3-4,6,8-9H2,1-2H3,(H,17,18)(H,20,21)/t13-/m0/s1. The summed E-state index contributed by atoms with van der Waals surface area (Å²) >= 11 is 1.48. The average Bonchev–Trinajstić information content (AvgIpc) is 2.92. The van der Waals surface area contributed by atoms with E-state index in [4.69, 9.17) is 5.11 Å². The van der Waals surface area contributed by atoms with Crippen molar-refractivity contribution in [2.45, 2.75) is 32.2 Å². The molecule has 138 valence electrons. The Morgan fingerprint density at radius 3 is 2.92 bits per heavy atom. The normalized spacial score (nSPS) is 13.2. The van der Waals surface area contributed by atoms with Crippen LogP contribution in [-0.2, 0) is 21.2 Å². The van der Waals surface area contributed by atoms with Crippen molar-refractivity contribution in [3.8, 4) is 0 Å². The molecule has 2 aromatic rings. The zero-order valence-electron chi connectivity index (χ0n) is 14.2. The Bertz CT molecular complexity index is 835. The Hall–Kier alpha value is -1.65. The van der Waals surface area contributed by atoms with Crippen molar-refractivity contribution < 1.29 is 18.3 Å². The van der Waals surface area contributed by atoms with Gasteiger partial charge < -0.3 is 10.1 Å². The van der Waals surface area contributed by atoms with E-state index in [1.165, 1.54) is 11.8 Å². The Kier molecular flexibility index (Phi) is 6.79. The van der Waals surface area contributed by atoms with E-state index in [2.05, 4.69) is 19.7 Å². The lowest BCUT2D eigenvalue weighted by Crippen LogP contribution is -2.42. The van der Waals surface area contributed by atoms with Crippen LogP contribution in [0.25, 0.3) is 11.0 Å². The monoisotopic (exact) mass is 386 g/mol. The number of aliphatic carboxylic acids is 1. The molecule has 8 nitrogen and oxygen atoms in total. The average molecular weight is 386 g/mol. The number of rotatable bonds is 10. The number of pyridine rings is 1. The Morgan fingerprint density at radius 2 is 2.24 bits per heavy atom. The fourth-order valence-corrected chi connectivity index (χ4v) is 4.24. The van der Waals surface area contributed by atoms with Crippen molar-refractivity contribution in [2.24, 2.45) is 0 Å². The third-order valence-corrected chi connectivity index (χ3v) is 5.77. The second-order valence-electron chi connectivity index (χ2n) is 5.69. The molecule has 3 N–H and O–H groups in total. The maximum Gasteiger partial charge on any atom is 0.321 e. The number of carboxylic acid groups (broad SMARTS) is 1. The molecule has 0 saturated carbocycles. The first-order chi connectivity index (χ1) is 11.8. The predicted molar refractivity (Wildman–Crippen MR) is 98.3 cm³/mol. The fraction of sp³-hybridized carbons (Fsp3) is 0.533. The molecule has 0 spiro atoms. The van der Waals surface area contributed by atoms with Crippen LogP contribution in [0.5, 0.6) is 0 Å². The van der Waals surface area contributed by atoms with Crippen molar-refractivity contribution in [3.05, 3.63) is 23.8 Å². The molecule has 10 heteroatoms. The minimum absolute atomic E-state index is 0.155. The number of hydrogen-bond acceptors (Lipinski definition) is 6. The summed E-state index contributed by atoms with van der Waals surface area (Å²) in [5.41, 5.74) is 2.34. The predicted octanol–water partition coefficient (Wildman–Crippen LogP) is 1.32. The van der Waals surface area contributed by atoms with Gasteiger partial charge >= 0.3 is 5.97 Å². The van der Waals surface area contributed by atoms with E-state index in [1.807, 2.05) is 19.2 Å². The molecule has 0 fully saturated rings. The Labute approximate surface area is 150 Å². The highest BCUT2D eigenvalue weighted by molar-refractivity contribution is 7.98. The first-order valence-corrected chi connectivity index (χ1v) is 10.9. The molecular formula is C15H22N4O4S2. The Morgan fingerprint density at radius 1 is 1.48 bits per heavy atom. The number of imidazole rings is 1. The van der Waals surface area contributed by atoms with E-state index < -0.39 is 22.0 Å². The molecular weight excluding hydrogens is 364 g/mol. The molecule has 25 heavy (non-hydrogen) atoms. The first kappa shape index (κ1) is 19.7. The smallest absolute Gasteiger partial charge is 0.321 e. The molecule has 0 aliphatic heterocycles. The molecule has 2 rings (SSSR count). The maximum absolute atomic E-state index is 12.1. The summed E-state index contributed by atoms with van der Waals surface area (Å²) in [4.78, 5) is 22.9. The lowest BCUT2D eigenvalue weighted by atomic mass is 10.2. The summed E-state index contributed by atoms with van der Waals surface area (Å²) in [6, 6.07) is 0.730. The summed E-state index contributed by atoms with van der Waals surface area (Å²) in [7, 11) is -3.67. The number of aromatic nitrogens is 3. The molecule has 0 amide bonds. The van der Waals surface area contributed by atoms with Crippen LogP contribution in [-0.4, -0.2) is 58.2 Å². The molecule has 0 saturated heterocycles. The van der Waals surface area contributed by atoms with Crippen molar-refractivity contribution >= 4 is 38.8 Å². The summed E-state index contributed by atoms with van der Waals surface area (Å²) in [5.74, 6) is 0.0363. The zero-order chi connectivity index (χ0) is 18.4. The second kappa shape index (κ2) is 8.63. The highest BCUT2D eigenvalue weighted by Crippen LogP contribution is 2.15. The third kappa shape index (κ3) is 5.68. The van der Waals surface area contributed by atoms with Gasteiger partial charge in [0.25, 0.3) is 0 Å². The van der Waals surface area contributed by atoms with E-state index in [-0.39, 0.29) is 12.2 Å². The van der Waals surface area contributed by atoms with Crippen molar-refractivity contribution in [1.82, 2.24) is 19.7 Å². The molecule has 2 heterocycles. The van der Waals surface area contributed by atoms with Crippen molar-refractivity contribution in [3.63, 3.8) is 0 Å². The van der Waals surface area contributed by atoms with Crippen LogP contribution in [0.1, 0.15) is 24.4 Å². The molecule has 1 atom stereocenters. The van der Waals surface area contributed by atoms with Crippen molar-refractivity contribution in [2.75, 3.05) is 17.8 Å². The van der Waals surface area contributed by atoms with E-state index in [0.717, 1.165) is 22.6 Å². The fourth-order valence-electron chi connectivity index (χ4n) is 2.47. The van der Waals surface area contributed by atoms with Crippen LogP contribution in [0, 0.1) is 6.92 Å².